The van der Waals surface area contributed by atoms with Gasteiger partial charge in [0.05, 0.1) is 6.42 Å². The Morgan fingerprint density at radius 1 is 1.14 bits per heavy atom. The standard InChI is InChI=1S/C16H19N3O3/c1-11(2)19(10-12-6-4-3-5-7-12)15(21)9-13-8-14(20)18-16(22)17-13/h3-8,11H,9-10H2,1-2H3,(H2,17,18,20,22). The van der Waals surface area contributed by atoms with Gasteiger partial charge in [-0.3, -0.25) is 14.6 Å². The largest absolute Gasteiger partial charge is 0.336 e. The van der Waals surface area contributed by atoms with Crippen molar-refractivity contribution in [2.75, 3.05) is 0 Å². The normalized spacial score (nSPS) is 10.7. The zero-order valence-corrected chi connectivity index (χ0v) is 12.6. The van der Waals surface area contributed by atoms with Crippen molar-refractivity contribution in [1.29, 1.82) is 0 Å². The molecule has 1 heterocycles. The lowest BCUT2D eigenvalue weighted by Gasteiger charge is -2.27. The summed E-state index contributed by atoms with van der Waals surface area (Å²) in [5.41, 5.74) is 0.238. The van der Waals surface area contributed by atoms with Crippen molar-refractivity contribution in [3.05, 3.63) is 68.5 Å². The highest BCUT2D eigenvalue weighted by molar-refractivity contribution is 5.78. The van der Waals surface area contributed by atoms with Crippen molar-refractivity contribution in [3.63, 3.8) is 0 Å². The molecule has 0 aliphatic carbocycles. The highest BCUT2D eigenvalue weighted by Crippen LogP contribution is 2.10. The topological polar surface area (TPSA) is 86.0 Å². The molecule has 22 heavy (non-hydrogen) atoms. The molecule has 0 unspecified atom stereocenters. The predicted molar refractivity (Wildman–Crippen MR) is 83.5 cm³/mol. The van der Waals surface area contributed by atoms with E-state index in [1.54, 1.807) is 4.90 Å². The number of carbonyl (C=O) groups is 1. The van der Waals surface area contributed by atoms with Crippen molar-refractivity contribution < 1.29 is 4.79 Å². The predicted octanol–water partition coefficient (Wildman–Crippen LogP) is 1.04. The van der Waals surface area contributed by atoms with Crippen LogP contribution < -0.4 is 11.2 Å². The van der Waals surface area contributed by atoms with Gasteiger partial charge < -0.3 is 9.88 Å². The minimum absolute atomic E-state index is 0.00975. The first-order chi connectivity index (χ1) is 10.5. The van der Waals surface area contributed by atoms with Crippen LogP contribution in [-0.2, 0) is 17.8 Å². The van der Waals surface area contributed by atoms with E-state index < -0.39 is 11.2 Å². The fourth-order valence-corrected chi connectivity index (χ4v) is 2.22. The number of hydrogen-bond donors (Lipinski definition) is 2. The molecule has 6 nitrogen and oxygen atoms in total. The van der Waals surface area contributed by atoms with E-state index in [1.807, 2.05) is 44.2 Å². The zero-order valence-electron chi connectivity index (χ0n) is 12.6. The van der Waals surface area contributed by atoms with Crippen LogP contribution in [0.3, 0.4) is 0 Å². The van der Waals surface area contributed by atoms with Crippen molar-refractivity contribution in [1.82, 2.24) is 14.9 Å². The first kappa shape index (κ1) is 15.8. The second-order valence-corrected chi connectivity index (χ2v) is 5.39. The van der Waals surface area contributed by atoms with Crippen LogP contribution in [0, 0.1) is 0 Å². The molecule has 0 saturated heterocycles. The second-order valence-electron chi connectivity index (χ2n) is 5.39. The minimum Gasteiger partial charge on any atom is -0.336 e. The number of hydrogen-bond acceptors (Lipinski definition) is 3. The van der Waals surface area contributed by atoms with E-state index in [1.165, 1.54) is 6.07 Å². The van der Waals surface area contributed by atoms with Crippen molar-refractivity contribution >= 4 is 5.91 Å². The van der Waals surface area contributed by atoms with E-state index in [-0.39, 0.29) is 18.4 Å². The van der Waals surface area contributed by atoms with Gasteiger partial charge in [-0.25, -0.2) is 4.79 Å². The maximum atomic E-state index is 12.5. The van der Waals surface area contributed by atoms with E-state index in [0.29, 0.717) is 12.2 Å². The Hall–Kier alpha value is -2.63. The Morgan fingerprint density at radius 3 is 2.41 bits per heavy atom. The number of benzene rings is 1. The molecule has 0 bridgehead atoms. The summed E-state index contributed by atoms with van der Waals surface area (Å²) in [7, 11) is 0. The Balaban J connectivity index is 2.16. The van der Waals surface area contributed by atoms with E-state index in [4.69, 9.17) is 0 Å². The molecule has 2 N–H and O–H groups in total. The lowest BCUT2D eigenvalue weighted by Crippen LogP contribution is -2.38. The maximum Gasteiger partial charge on any atom is 0.325 e. The molecule has 0 radical (unpaired) electrons. The highest BCUT2D eigenvalue weighted by Gasteiger charge is 2.18. The van der Waals surface area contributed by atoms with Gasteiger partial charge in [0.25, 0.3) is 5.56 Å². The third-order valence-electron chi connectivity index (χ3n) is 3.30. The molecule has 1 aromatic heterocycles. The van der Waals surface area contributed by atoms with E-state index in [2.05, 4.69) is 9.97 Å². The lowest BCUT2D eigenvalue weighted by molar-refractivity contribution is -0.132. The Bertz CT molecular complexity index is 719. The summed E-state index contributed by atoms with van der Waals surface area (Å²) in [6, 6.07) is 10.9. The molecule has 0 aliphatic rings. The molecule has 2 rings (SSSR count). The maximum absolute atomic E-state index is 12.5. The van der Waals surface area contributed by atoms with Crippen LogP contribution >= 0.6 is 0 Å². The summed E-state index contributed by atoms with van der Waals surface area (Å²) < 4.78 is 0. The number of carbonyl (C=O) groups excluding carboxylic acids is 1. The first-order valence-corrected chi connectivity index (χ1v) is 7.11. The fraction of sp³-hybridized carbons (Fsp3) is 0.312. The van der Waals surface area contributed by atoms with Gasteiger partial charge in [-0.2, -0.15) is 0 Å². The summed E-state index contributed by atoms with van der Waals surface area (Å²) >= 11 is 0. The zero-order chi connectivity index (χ0) is 16.1. The number of aromatic amines is 2. The molecule has 2 aromatic rings. The lowest BCUT2D eigenvalue weighted by atomic mass is 10.1. The molecular weight excluding hydrogens is 282 g/mol. The smallest absolute Gasteiger partial charge is 0.325 e. The van der Waals surface area contributed by atoms with Crippen LogP contribution in [0.2, 0.25) is 0 Å². The van der Waals surface area contributed by atoms with E-state index >= 15 is 0 Å². The van der Waals surface area contributed by atoms with E-state index in [0.717, 1.165) is 5.56 Å². The molecule has 0 fully saturated rings. The van der Waals surface area contributed by atoms with Crippen LogP contribution in [0.25, 0.3) is 0 Å². The summed E-state index contributed by atoms with van der Waals surface area (Å²) in [4.78, 5) is 41.3. The molecule has 6 heteroatoms. The molecule has 1 aromatic carbocycles. The van der Waals surface area contributed by atoms with Crippen LogP contribution in [-0.4, -0.2) is 26.8 Å². The molecular formula is C16H19N3O3. The number of nitrogens with one attached hydrogen (secondary N) is 2. The molecule has 0 aliphatic heterocycles. The van der Waals surface area contributed by atoms with Crippen LogP contribution in [0.5, 0.6) is 0 Å². The quantitative estimate of drug-likeness (QED) is 0.865. The Labute approximate surface area is 127 Å². The van der Waals surface area contributed by atoms with Gasteiger partial charge in [0.1, 0.15) is 0 Å². The van der Waals surface area contributed by atoms with E-state index in [9.17, 15) is 14.4 Å². The summed E-state index contributed by atoms with van der Waals surface area (Å²) in [5, 5.41) is 0. The SMILES string of the molecule is CC(C)N(Cc1ccccc1)C(=O)Cc1cc(=O)[nH]c(=O)[nH]1. The van der Waals surface area contributed by atoms with Crippen LogP contribution in [0.4, 0.5) is 0 Å². The number of amides is 1. The van der Waals surface area contributed by atoms with Gasteiger partial charge in [0.15, 0.2) is 0 Å². The summed E-state index contributed by atoms with van der Waals surface area (Å²) in [6.45, 7) is 4.35. The number of aromatic nitrogens is 2. The van der Waals surface area contributed by atoms with Crippen LogP contribution in [0.1, 0.15) is 25.1 Å². The van der Waals surface area contributed by atoms with Gasteiger partial charge in [-0.15, -0.1) is 0 Å². The molecule has 0 spiro atoms. The number of rotatable bonds is 5. The Morgan fingerprint density at radius 2 is 1.82 bits per heavy atom. The summed E-state index contributed by atoms with van der Waals surface area (Å²) in [6.07, 6.45) is -0.00975. The Kier molecular flexibility index (Phi) is 4.93. The minimum atomic E-state index is -0.602. The second kappa shape index (κ2) is 6.89. The van der Waals surface area contributed by atoms with Gasteiger partial charge in [-0.05, 0) is 19.4 Å². The highest BCUT2D eigenvalue weighted by atomic mass is 16.2. The molecule has 1 amide bonds. The third kappa shape index (κ3) is 4.18. The molecule has 116 valence electrons. The van der Waals surface area contributed by atoms with Gasteiger partial charge in [0, 0.05) is 24.3 Å². The third-order valence-corrected chi connectivity index (χ3v) is 3.30. The number of nitrogens with zero attached hydrogens (tertiary/aromatic N) is 1. The van der Waals surface area contributed by atoms with Crippen molar-refractivity contribution in [2.45, 2.75) is 32.9 Å². The fourth-order valence-electron chi connectivity index (χ4n) is 2.22. The first-order valence-electron chi connectivity index (χ1n) is 7.11. The van der Waals surface area contributed by atoms with Crippen molar-refractivity contribution in [3.8, 4) is 0 Å². The number of H-pyrrole nitrogens is 2. The van der Waals surface area contributed by atoms with Crippen molar-refractivity contribution in [2.24, 2.45) is 0 Å². The van der Waals surface area contributed by atoms with Gasteiger partial charge >= 0.3 is 5.69 Å². The monoisotopic (exact) mass is 301 g/mol. The average Bonchev–Trinajstić information content (AvgIpc) is 2.44. The molecule has 0 atom stereocenters. The molecule has 0 saturated carbocycles. The average molecular weight is 301 g/mol. The van der Waals surface area contributed by atoms with Gasteiger partial charge in [0.2, 0.25) is 5.91 Å². The van der Waals surface area contributed by atoms with Crippen LogP contribution in [0.15, 0.2) is 46.0 Å². The summed E-state index contributed by atoms with van der Waals surface area (Å²) in [5.74, 6) is -0.139. The van der Waals surface area contributed by atoms with Gasteiger partial charge in [-0.1, -0.05) is 30.3 Å².